The largest absolute Gasteiger partial charge is 0.491 e. The molecule has 30 heavy (non-hydrogen) atoms. The summed E-state index contributed by atoms with van der Waals surface area (Å²) in [6.07, 6.45) is 3.75. The summed E-state index contributed by atoms with van der Waals surface area (Å²) >= 11 is 0. The van der Waals surface area contributed by atoms with Crippen LogP contribution in [0.1, 0.15) is 25.7 Å². The molecule has 2 aliphatic heterocycles. The van der Waals surface area contributed by atoms with E-state index < -0.39 is 12.2 Å². The number of ether oxygens (including phenoxy) is 4. The maximum absolute atomic E-state index is 10.0. The molecule has 2 saturated heterocycles. The number of benzene rings is 1. The van der Waals surface area contributed by atoms with Gasteiger partial charge in [0.15, 0.2) is 0 Å². The third kappa shape index (κ3) is 8.75. The molecule has 0 aliphatic carbocycles. The topological polar surface area (TPSA) is 101 Å². The first-order chi connectivity index (χ1) is 14.7. The highest BCUT2D eigenvalue weighted by Crippen LogP contribution is 2.18. The molecular formula is C22H36N2O6. The quantitative estimate of drug-likeness (QED) is 0.346. The van der Waals surface area contributed by atoms with Crippen molar-refractivity contribution >= 4 is 0 Å². The molecule has 0 spiro atoms. The molecule has 0 radical (unpaired) electrons. The van der Waals surface area contributed by atoms with Crippen LogP contribution in [0.4, 0.5) is 0 Å². The minimum atomic E-state index is -0.584. The first kappa shape index (κ1) is 23.2. The van der Waals surface area contributed by atoms with Crippen molar-refractivity contribution in [2.24, 2.45) is 0 Å². The molecule has 4 atom stereocenters. The standard InChI is InChI=1S/C22H36N2O6/c25-17(11-23-13-21-3-1-9-27-21)15-29-19-5-7-20(8-6-19)30-16-18(26)12-24-14-22-4-2-10-28-22/h5-8,17-18,21-26H,1-4,9-16H2/t17-,18-,21+,22+/m1/s1. The number of hydrogen-bond acceptors (Lipinski definition) is 8. The van der Waals surface area contributed by atoms with Crippen LogP contribution < -0.4 is 20.1 Å². The Morgan fingerprint density at radius 2 is 1.23 bits per heavy atom. The average Bonchev–Trinajstić information content (AvgIpc) is 3.46. The third-order valence-corrected chi connectivity index (χ3v) is 5.26. The van der Waals surface area contributed by atoms with Gasteiger partial charge in [-0.25, -0.2) is 0 Å². The Bertz CT molecular complexity index is 524. The Hall–Kier alpha value is -1.42. The minimum Gasteiger partial charge on any atom is -0.491 e. The van der Waals surface area contributed by atoms with Crippen molar-refractivity contribution in [2.45, 2.75) is 50.1 Å². The van der Waals surface area contributed by atoms with Gasteiger partial charge in [0.2, 0.25) is 0 Å². The SMILES string of the molecule is O[C@H](CNC[C@@H]1CCCO1)COc1ccc(OC[C@H](O)CNC[C@@H]2CCCO2)cc1. The van der Waals surface area contributed by atoms with Crippen LogP contribution in [0.25, 0.3) is 0 Å². The van der Waals surface area contributed by atoms with E-state index in [1.165, 1.54) is 0 Å². The van der Waals surface area contributed by atoms with Gasteiger partial charge in [-0.2, -0.15) is 0 Å². The van der Waals surface area contributed by atoms with Crippen LogP contribution in [-0.4, -0.2) is 87.2 Å². The summed E-state index contributed by atoms with van der Waals surface area (Å²) in [4.78, 5) is 0. The lowest BCUT2D eigenvalue weighted by atomic mass is 10.2. The fraction of sp³-hybridized carbons (Fsp3) is 0.727. The summed E-state index contributed by atoms with van der Waals surface area (Å²) in [5.74, 6) is 1.33. The Kier molecular flexibility index (Phi) is 10.1. The van der Waals surface area contributed by atoms with Crippen LogP contribution in [0.2, 0.25) is 0 Å². The van der Waals surface area contributed by atoms with Crippen molar-refractivity contribution in [3.05, 3.63) is 24.3 Å². The third-order valence-electron chi connectivity index (χ3n) is 5.26. The summed E-state index contributed by atoms with van der Waals surface area (Å²) in [5, 5.41) is 26.5. The van der Waals surface area contributed by atoms with Crippen molar-refractivity contribution in [1.29, 1.82) is 0 Å². The van der Waals surface area contributed by atoms with Crippen molar-refractivity contribution in [3.63, 3.8) is 0 Å². The molecule has 2 fully saturated rings. The lowest BCUT2D eigenvalue weighted by Gasteiger charge is -2.16. The maximum atomic E-state index is 10.0. The molecule has 1 aromatic rings. The van der Waals surface area contributed by atoms with E-state index in [1.54, 1.807) is 24.3 Å². The van der Waals surface area contributed by atoms with Gasteiger partial charge in [-0.15, -0.1) is 0 Å². The highest BCUT2D eigenvalue weighted by atomic mass is 16.5. The van der Waals surface area contributed by atoms with Gasteiger partial charge >= 0.3 is 0 Å². The van der Waals surface area contributed by atoms with E-state index >= 15 is 0 Å². The Morgan fingerprint density at radius 1 is 0.800 bits per heavy atom. The van der Waals surface area contributed by atoms with Crippen LogP contribution in [-0.2, 0) is 9.47 Å². The Labute approximate surface area is 178 Å². The monoisotopic (exact) mass is 424 g/mol. The lowest BCUT2D eigenvalue weighted by molar-refractivity contribution is 0.0870. The van der Waals surface area contributed by atoms with Gasteiger partial charge in [-0.1, -0.05) is 0 Å². The molecule has 4 N–H and O–H groups in total. The molecular weight excluding hydrogens is 388 g/mol. The van der Waals surface area contributed by atoms with Crippen LogP contribution in [0.3, 0.4) is 0 Å². The molecule has 2 heterocycles. The molecule has 8 nitrogen and oxygen atoms in total. The second-order valence-electron chi connectivity index (χ2n) is 7.99. The first-order valence-electron chi connectivity index (χ1n) is 11.1. The van der Waals surface area contributed by atoms with E-state index in [2.05, 4.69) is 10.6 Å². The van der Waals surface area contributed by atoms with Gasteiger partial charge < -0.3 is 39.8 Å². The normalized spacial score (nSPS) is 23.4. The van der Waals surface area contributed by atoms with Gasteiger partial charge in [0.25, 0.3) is 0 Å². The molecule has 1 aromatic carbocycles. The van der Waals surface area contributed by atoms with Gasteiger partial charge in [0.05, 0.1) is 12.2 Å². The van der Waals surface area contributed by atoms with E-state index in [4.69, 9.17) is 18.9 Å². The predicted molar refractivity (Wildman–Crippen MR) is 113 cm³/mol. The highest BCUT2D eigenvalue weighted by Gasteiger charge is 2.16. The van der Waals surface area contributed by atoms with Crippen molar-refractivity contribution in [1.82, 2.24) is 10.6 Å². The molecule has 2 aliphatic rings. The van der Waals surface area contributed by atoms with Crippen LogP contribution >= 0.6 is 0 Å². The van der Waals surface area contributed by atoms with E-state index in [-0.39, 0.29) is 25.4 Å². The van der Waals surface area contributed by atoms with Crippen LogP contribution in [0.15, 0.2) is 24.3 Å². The molecule has 3 rings (SSSR count). The smallest absolute Gasteiger partial charge is 0.119 e. The molecule has 0 unspecified atom stereocenters. The van der Waals surface area contributed by atoms with E-state index in [1.807, 2.05) is 0 Å². The van der Waals surface area contributed by atoms with Crippen LogP contribution in [0, 0.1) is 0 Å². The fourth-order valence-corrected chi connectivity index (χ4v) is 3.57. The zero-order valence-electron chi connectivity index (χ0n) is 17.6. The second-order valence-corrected chi connectivity index (χ2v) is 7.99. The number of rotatable bonds is 14. The van der Waals surface area contributed by atoms with Crippen molar-refractivity contribution in [3.8, 4) is 11.5 Å². The zero-order chi connectivity index (χ0) is 21.0. The van der Waals surface area contributed by atoms with E-state index in [9.17, 15) is 10.2 Å². The number of aliphatic hydroxyl groups excluding tert-OH is 2. The maximum Gasteiger partial charge on any atom is 0.119 e. The predicted octanol–water partition coefficient (Wildman–Crippen LogP) is 0.703. The van der Waals surface area contributed by atoms with Gasteiger partial charge in [-0.3, -0.25) is 0 Å². The first-order valence-corrected chi connectivity index (χ1v) is 11.1. The molecule has 170 valence electrons. The highest BCUT2D eigenvalue weighted by molar-refractivity contribution is 5.31. The summed E-state index contributed by atoms with van der Waals surface area (Å²) in [6, 6.07) is 7.18. The zero-order valence-corrected chi connectivity index (χ0v) is 17.6. The second kappa shape index (κ2) is 13.1. The fourth-order valence-electron chi connectivity index (χ4n) is 3.57. The van der Waals surface area contributed by atoms with Crippen molar-refractivity contribution < 1.29 is 29.2 Å². The molecule has 0 amide bonds. The average molecular weight is 425 g/mol. The van der Waals surface area contributed by atoms with Gasteiger partial charge in [0.1, 0.15) is 36.9 Å². The molecule has 8 heteroatoms. The van der Waals surface area contributed by atoms with Crippen molar-refractivity contribution in [2.75, 3.05) is 52.6 Å². The molecule has 0 saturated carbocycles. The summed E-state index contributed by atoms with van der Waals surface area (Å²) in [5.41, 5.74) is 0. The van der Waals surface area contributed by atoms with E-state index in [0.29, 0.717) is 24.6 Å². The van der Waals surface area contributed by atoms with Crippen LogP contribution in [0.5, 0.6) is 11.5 Å². The van der Waals surface area contributed by atoms with Gasteiger partial charge in [-0.05, 0) is 49.9 Å². The lowest BCUT2D eigenvalue weighted by Crippen LogP contribution is -2.35. The number of nitrogens with one attached hydrogen (secondary N) is 2. The van der Waals surface area contributed by atoms with E-state index in [0.717, 1.165) is 52.0 Å². The molecule has 0 bridgehead atoms. The Balaban J connectivity index is 1.23. The Morgan fingerprint density at radius 3 is 1.60 bits per heavy atom. The number of aliphatic hydroxyl groups is 2. The summed E-state index contributed by atoms with van der Waals surface area (Å²) in [7, 11) is 0. The minimum absolute atomic E-state index is 0.216. The number of hydrogen-bond donors (Lipinski definition) is 4. The molecule has 0 aromatic heterocycles. The summed E-state index contributed by atoms with van der Waals surface area (Å²) in [6.45, 7) is 4.58. The van der Waals surface area contributed by atoms with Gasteiger partial charge in [0, 0.05) is 39.4 Å². The summed E-state index contributed by atoms with van der Waals surface area (Å²) < 4.78 is 22.3.